The number of fused-ring (bicyclic) bond motifs is 2. The number of benzene rings is 2. The van der Waals surface area contributed by atoms with Crippen molar-refractivity contribution in [2.45, 2.75) is 32.6 Å². The fourth-order valence-corrected chi connectivity index (χ4v) is 5.35. The molecule has 174 valence electrons. The Balaban J connectivity index is 1.17. The predicted octanol–water partition coefficient (Wildman–Crippen LogP) is 3.12. The van der Waals surface area contributed by atoms with E-state index in [1.165, 1.54) is 0 Å². The van der Waals surface area contributed by atoms with Crippen LogP contribution >= 0.6 is 0 Å². The van der Waals surface area contributed by atoms with Gasteiger partial charge in [0.05, 0.1) is 11.6 Å². The Morgan fingerprint density at radius 1 is 1.03 bits per heavy atom. The van der Waals surface area contributed by atoms with Gasteiger partial charge < -0.3 is 9.80 Å². The maximum atomic E-state index is 13.0. The maximum Gasteiger partial charge on any atom is 0.253 e. The molecule has 0 spiro atoms. The van der Waals surface area contributed by atoms with Crippen LogP contribution in [0.15, 0.2) is 36.4 Å². The van der Waals surface area contributed by atoms with Crippen molar-refractivity contribution in [3.05, 3.63) is 58.7 Å². The number of amides is 2. The van der Waals surface area contributed by atoms with Crippen LogP contribution in [0.5, 0.6) is 0 Å². The number of aromatic nitrogens is 3. The number of carbonyl (C=O) groups excluding carboxylic acids is 2. The van der Waals surface area contributed by atoms with E-state index in [4.69, 9.17) is 0 Å². The largest absolute Gasteiger partial charge is 0.342 e. The standard InChI is InChI=1S/C26H28N6O2/c1-16(2)22-9-17(11-27)3-4-18(22)6-8-25(33)31-12-20-14-32(15-21(20)13-31)26(34)19-5-7-23-24(10-19)29-30-28-23/h3-5,7,9-10,16,20-21H,6,8,12-15H2,1-2H3,(H,28,29,30)/t20-,21-/m1/s1. The predicted molar refractivity (Wildman–Crippen MR) is 127 cm³/mol. The van der Waals surface area contributed by atoms with Crippen molar-refractivity contribution in [2.75, 3.05) is 26.2 Å². The molecule has 8 heteroatoms. The summed E-state index contributed by atoms with van der Waals surface area (Å²) >= 11 is 0. The first-order chi connectivity index (χ1) is 16.4. The summed E-state index contributed by atoms with van der Waals surface area (Å²) in [5.41, 5.74) is 4.99. The highest BCUT2D eigenvalue weighted by Gasteiger charge is 2.43. The van der Waals surface area contributed by atoms with E-state index in [0.29, 0.717) is 73.4 Å². The molecule has 3 heterocycles. The molecule has 2 aliphatic heterocycles. The van der Waals surface area contributed by atoms with E-state index < -0.39 is 0 Å². The van der Waals surface area contributed by atoms with Gasteiger partial charge in [0.15, 0.2) is 0 Å². The molecule has 0 bridgehead atoms. The van der Waals surface area contributed by atoms with Crippen molar-refractivity contribution >= 4 is 22.8 Å². The number of H-pyrrole nitrogens is 1. The van der Waals surface area contributed by atoms with Gasteiger partial charge in [0.25, 0.3) is 5.91 Å². The highest BCUT2D eigenvalue weighted by atomic mass is 16.2. The third-order valence-corrected chi connectivity index (χ3v) is 7.19. The lowest BCUT2D eigenvalue weighted by Crippen LogP contribution is -2.35. The highest BCUT2D eigenvalue weighted by molar-refractivity contribution is 5.97. The molecule has 1 aromatic heterocycles. The number of aromatic amines is 1. The first-order valence-corrected chi connectivity index (χ1v) is 11.8. The number of hydrogen-bond donors (Lipinski definition) is 1. The van der Waals surface area contributed by atoms with Crippen LogP contribution in [0.1, 0.15) is 53.2 Å². The quantitative estimate of drug-likeness (QED) is 0.635. The third kappa shape index (κ3) is 4.14. The lowest BCUT2D eigenvalue weighted by atomic mass is 9.92. The average Bonchev–Trinajstić information content (AvgIpc) is 3.56. The zero-order chi connectivity index (χ0) is 23.8. The van der Waals surface area contributed by atoms with Crippen molar-refractivity contribution in [1.82, 2.24) is 25.2 Å². The van der Waals surface area contributed by atoms with E-state index in [2.05, 4.69) is 35.3 Å². The lowest BCUT2D eigenvalue weighted by Gasteiger charge is -2.22. The number of nitriles is 1. The molecule has 0 saturated carbocycles. The Bertz CT molecular complexity index is 1280. The smallest absolute Gasteiger partial charge is 0.253 e. The van der Waals surface area contributed by atoms with Gasteiger partial charge in [-0.1, -0.05) is 19.9 Å². The Kier molecular flexibility index (Phi) is 5.78. The van der Waals surface area contributed by atoms with Gasteiger partial charge in [-0.05, 0) is 53.8 Å². The molecule has 1 N–H and O–H groups in total. The van der Waals surface area contributed by atoms with Crippen molar-refractivity contribution in [1.29, 1.82) is 5.26 Å². The minimum absolute atomic E-state index is 0.0132. The molecule has 2 amide bonds. The number of nitrogens with zero attached hydrogens (tertiary/aromatic N) is 5. The van der Waals surface area contributed by atoms with Gasteiger partial charge in [-0.2, -0.15) is 20.7 Å². The zero-order valence-corrected chi connectivity index (χ0v) is 19.5. The Morgan fingerprint density at radius 3 is 2.44 bits per heavy atom. The summed E-state index contributed by atoms with van der Waals surface area (Å²) in [6, 6.07) is 13.3. The molecule has 2 aliphatic rings. The number of rotatable bonds is 5. The van der Waals surface area contributed by atoms with E-state index >= 15 is 0 Å². The van der Waals surface area contributed by atoms with Crippen LogP contribution in [0.2, 0.25) is 0 Å². The van der Waals surface area contributed by atoms with Gasteiger partial charge in [0, 0.05) is 50.0 Å². The SMILES string of the molecule is CC(C)c1cc(C#N)ccc1CCC(=O)N1C[C@@H]2CN(C(=O)c3ccc4n[nH]nc4c3)C[C@H]2C1. The fourth-order valence-electron chi connectivity index (χ4n) is 5.35. The van der Waals surface area contributed by atoms with Crippen LogP contribution in [0.3, 0.4) is 0 Å². The molecule has 0 radical (unpaired) electrons. The number of aryl methyl sites for hydroxylation is 1. The highest BCUT2D eigenvalue weighted by Crippen LogP contribution is 2.33. The Labute approximate surface area is 198 Å². The summed E-state index contributed by atoms with van der Waals surface area (Å²) in [4.78, 5) is 29.9. The minimum Gasteiger partial charge on any atom is -0.342 e. The van der Waals surface area contributed by atoms with Gasteiger partial charge in [-0.25, -0.2) is 0 Å². The molecule has 3 aromatic rings. The maximum absolute atomic E-state index is 13.0. The van der Waals surface area contributed by atoms with Crippen LogP contribution < -0.4 is 0 Å². The molecule has 0 aliphatic carbocycles. The van der Waals surface area contributed by atoms with E-state index in [9.17, 15) is 14.9 Å². The van der Waals surface area contributed by atoms with Crippen molar-refractivity contribution in [3.63, 3.8) is 0 Å². The molecule has 2 atom stereocenters. The van der Waals surface area contributed by atoms with E-state index in [1.807, 2.05) is 34.1 Å². The summed E-state index contributed by atoms with van der Waals surface area (Å²) in [7, 11) is 0. The second-order valence-corrected chi connectivity index (χ2v) is 9.74. The third-order valence-electron chi connectivity index (χ3n) is 7.19. The summed E-state index contributed by atoms with van der Waals surface area (Å²) in [5.74, 6) is 1.13. The van der Waals surface area contributed by atoms with Crippen molar-refractivity contribution in [3.8, 4) is 6.07 Å². The number of nitrogens with one attached hydrogen (secondary N) is 1. The Hall–Kier alpha value is -3.73. The zero-order valence-electron chi connectivity index (χ0n) is 19.5. The minimum atomic E-state index is 0.0132. The lowest BCUT2D eigenvalue weighted by molar-refractivity contribution is -0.130. The monoisotopic (exact) mass is 456 g/mol. The molecular weight excluding hydrogens is 428 g/mol. The van der Waals surface area contributed by atoms with Gasteiger partial charge in [0.2, 0.25) is 5.91 Å². The van der Waals surface area contributed by atoms with E-state index in [1.54, 1.807) is 12.1 Å². The summed E-state index contributed by atoms with van der Waals surface area (Å²) in [5, 5.41) is 19.9. The first kappa shape index (κ1) is 22.1. The molecule has 0 unspecified atom stereocenters. The summed E-state index contributed by atoms with van der Waals surface area (Å²) < 4.78 is 0. The second-order valence-electron chi connectivity index (χ2n) is 9.74. The fraction of sp³-hybridized carbons (Fsp3) is 0.423. The molecule has 2 saturated heterocycles. The van der Waals surface area contributed by atoms with Gasteiger partial charge >= 0.3 is 0 Å². The summed E-state index contributed by atoms with van der Waals surface area (Å²) in [6.45, 7) is 7.00. The normalized spacial score (nSPS) is 19.6. The Morgan fingerprint density at radius 2 is 1.74 bits per heavy atom. The van der Waals surface area contributed by atoms with Crippen LogP contribution in [0.25, 0.3) is 11.0 Å². The van der Waals surface area contributed by atoms with Crippen LogP contribution in [0.4, 0.5) is 0 Å². The van der Waals surface area contributed by atoms with Gasteiger partial charge in [-0.15, -0.1) is 0 Å². The van der Waals surface area contributed by atoms with E-state index in [0.717, 1.165) is 16.6 Å². The van der Waals surface area contributed by atoms with E-state index in [-0.39, 0.29) is 11.8 Å². The number of likely N-dealkylation sites (tertiary alicyclic amines) is 2. The van der Waals surface area contributed by atoms with Crippen molar-refractivity contribution < 1.29 is 9.59 Å². The molecule has 8 nitrogen and oxygen atoms in total. The van der Waals surface area contributed by atoms with Gasteiger partial charge in [-0.3, -0.25) is 9.59 Å². The van der Waals surface area contributed by atoms with Crippen molar-refractivity contribution in [2.24, 2.45) is 11.8 Å². The summed E-state index contributed by atoms with van der Waals surface area (Å²) in [6.07, 6.45) is 1.14. The molecule has 2 fully saturated rings. The van der Waals surface area contributed by atoms with Crippen LogP contribution in [0, 0.1) is 23.2 Å². The van der Waals surface area contributed by atoms with Gasteiger partial charge in [0.1, 0.15) is 11.0 Å². The van der Waals surface area contributed by atoms with Crippen LogP contribution in [-0.2, 0) is 11.2 Å². The average molecular weight is 457 g/mol. The number of hydrogen-bond acceptors (Lipinski definition) is 5. The molecule has 5 rings (SSSR count). The topological polar surface area (TPSA) is 106 Å². The molecule has 34 heavy (non-hydrogen) atoms. The van der Waals surface area contributed by atoms with Crippen LogP contribution in [-0.4, -0.2) is 63.2 Å². The molecule has 2 aromatic carbocycles. The number of carbonyl (C=O) groups is 2. The molecular formula is C26H28N6O2. The first-order valence-electron chi connectivity index (χ1n) is 11.8. The second kappa shape index (κ2) is 8.90.